The first kappa shape index (κ1) is 5.19. The third-order valence-corrected chi connectivity index (χ3v) is 0.339. The highest BCUT2D eigenvalue weighted by molar-refractivity contribution is 5.61. The summed E-state index contributed by atoms with van der Waals surface area (Å²) in [6.45, 7) is 0. The van der Waals surface area contributed by atoms with Crippen LogP contribution in [0.15, 0.2) is 0 Å². The fraction of sp³-hybridized carbons (Fsp3) is 0.250. The topological polar surface area (TPSA) is 43.1 Å². The molecule has 2 N–H and O–H groups in total. The Balaban J connectivity index is 3.30. The van der Waals surface area contributed by atoms with E-state index in [0.717, 1.165) is 0 Å². The molecule has 0 rings (SSSR count). The highest BCUT2D eigenvalue weighted by Gasteiger charge is 1.84. The Morgan fingerprint density at radius 3 is 2.50 bits per heavy atom. The number of carbonyl (C=O) groups excluding carboxylic acids is 1. The lowest BCUT2D eigenvalue weighted by atomic mass is 10.4. The molecule has 0 amide bonds. The van der Waals surface area contributed by atoms with Crippen LogP contribution >= 0.6 is 0 Å². The molecule has 0 fully saturated rings. The van der Waals surface area contributed by atoms with E-state index < -0.39 is 6.04 Å². The summed E-state index contributed by atoms with van der Waals surface area (Å²) in [5.41, 5.74) is 4.87. The van der Waals surface area contributed by atoms with Gasteiger partial charge in [-0.3, -0.25) is 0 Å². The summed E-state index contributed by atoms with van der Waals surface area (Å²) in [7, 11) is 0. The second kappa shape index (κ2) is 2.43. The first-order chi connectivity index (χ1) is 2.81. The molecule has 6 heavy (non-hydrogen) atoms. The number of aldehydes is 1. The summed E-state index contributed by atoms with van der Waals surface area (Å²) in [5, 5.41) is 0. The van der Waals surface area contributed by atoms with Gasteiger partial charge < -0.3 is 10.5 Å². The Bertz CT molecular complexity index is 82.0. The van der Waals surface area contributed by atoms with Gasteiger partial charge in [-0.1, -0.05) is 5.92 Å². The van der Waals surface area contributed by atoms with Crippen LogP contribution in [0.3, 0.4) is 0 Å². The Morgan fingerprint density at radius 2 is 2.50 bits per heavy atom. The van der Waals surface area contributed by atoms with Crippen LogP contribution in [-0.4, -0.2) is 12.3 Å². The molecular weight excluding hydrogens is 78.0 g/mol. The second-order valence-corrected chi connectivity index (χ2v) is 0.829. The van der Waals surface area contributed by atoms with Crippen LogP contribution in [0.5, 0.6) is 0 Å². The van der Waals surface area contributed by atoms with Gasteiger partial charge in [0.25, 0.3) is 0 Å². The molecule has 0 aromatic rings. The average Bonchev–Trinajstić information content (AvgIpc) is 1.65. The normalized spacial score (nSPS) is 12.0. The van der Waals surface area contributed by atoms with Gasteiger partial charge >= 0.3 is 0 Å². The zero-order valence-electron chi connectivity index (χ0n) is 3.22. The van der Waals surface area contributed by atoms with Crippen molar-refractivity contribution in [2.45, 2.75) is 6.04 Å². The summed E-state index contributed by atoms with van der Waals surface area (Å²) in [5.74, 6) is 2.02. The molecular formula is C4H5NO. The smallest absolute Gasteiger partial charge is 0.148 e. The number of terminal acetylenes is 1. The molecule has 2 heteroatoms. The van der Waals surface area contributed by atoms with E-state index in [1.165, 1.54) is 0 Å². The molecule has 0 aliphatic carbocycles. The molecule has 0 aromatic carbocycles. The van der Waals surface area contributed by atoms with Gasteiger partial charge in [-0.15, -0.1) is 6.42 Å². The first-order valence-corrected chi connectivity index (χ1v) is 1.48. The van der Waals surface area contributed by atoms with E-state index in [1.807, 2.05) is 5.92 Å². The molecule has 0 spiro atoms. The van der Waals surface area contributed by atoms with Crippen molar-refractivity contribution in [3.8, 4) is 12.3 Å². The Hall–Kier alpha value is -0.810. The van der Waals surface area contributed by atoms with Crippen molar-refractivity contribution in [2.24, 2.45) is 5.73 Å². The predicted octanol–water partition coefficient (Wildman–Crippen LogP) is -0.854. The van der Waals surface area contributed by atoms with E-state index in [1.54, 1.807) is 0 Å². The van der Waals surface area contributed by atoms with Gasteiger partial charge in [-0.25, -0.2) is 0 Å². The molecule has 2 nitrogen and oxygen atoms in total. The molecule has 0 heterocycles. The van der Waals surface area contributed by atoms with Crippen molar-refractivity contribution in [1.82, 2.24) is 0 Å². The molecule has 0 aliphatic heterocycles. The van der Waals surface area contributed by atoms with Crippen molar-refractivity contribution in [1.29, 1.82) is 0 Å². The number of hydrogen-bond donors (Lipinski definition) is 1. The lowest BCUT2D eigenvalue weighted by Crippen LogP contribution is -2.17. The summed E-state index contributed by atoms with van der Waals surface area (Å²) < 4.78 is 0. The minimum atomic E-state index is -0.718. The lowest BCUT2D eigenvalue weighted by Gasteiger charge is -1.81. The number of rotatable bonds is 1. The van der Waals surface area contributed by atoms with E-state index in [2.05, 4.69) is 6.42 Å². The number of carbonyl (C=O) groups is 1. The van der Waals surface area contributed by atoms with Gasteiger partial charge in [0, 0.05) is 0 Å². The van der Waals surface area contributed by atoms with Crippen LogP contribution in [-0.2, 0) is 4.79 Å². The van der Waals surface area contributed by atoms with Gasteiger partial charge in [0.1, 0.15) is 12.3 Å². The monoisotopic (exact) mass is 83.0 g/mol. The summed E-state index contributed by atoms with van der Waals surface area (Å²) >= 11 is 0. The van der Waals surface area contributed by atoms with Gasteiger partial charge in [0.2, 0.25) is 0 Å². The zero-order valence-corrected chi connectivity index (χ0v) is 3.22. The van der Waals surface area contributed by atoms with Crippen LogP contribution in [0.4, 0.5) is 0 Å². The third-order valence-electron chi connectivity index (χ3n) is 0.339. The molecule has 0 bridgehead atoms. The highest BCUT2D eigenvalue weighted by Crippen LogP contribution is 1.57. The summed E-state index contributed by atoms with van der Waals surface area (Å²) in [6.07, 6.45) is 5.19. The maximum absolute atomic E-state index is 9.47. The Kier molecular flexibility index (Phi) is 2.10. The number of hydrogen-bond acceptors (Lipinski definition) is 2. The Labute approximate surface area is 36.3 Å². The molecule has 0 aromatic heterocycles. The van der Waals surface area contributed by atoms with Crippen LogP contribution in [0.25, 0.3) is 0 Å². The maximum Gasteiger partial charge on any atom is 0.148 e. The average molecular weight is 83.1 g/mol. The molecule has 32 valence electrons. The van der Waals surface area contributed by atoms with Crippen molar-refractivity contribution >= 4 is 6.29 Å². The van der Waals surface area contributed by atoms with Crippen LogP contribution < -0.4 is 5.73 Å². The number of nitrogens with two attached hydrogens (primary N) is 1. The van der Waals surface area contributed by atoms with Crippen molar-refractivity contribution in [3.63, 3.8) is 0 Å². The Morgan fingerprint density at radius 1 is 2.00 bits per heavy atom. The van der Waals surface area contributed by atoms with Crippen LogP contribution in [0, 0.1) is 12.3 Å². The molecule has 0 aliphatic rings. The molecule has 1 unspecified atom stereocenters. The van der Waals surface area contributed by atoms with Crippen molar-refractivity contribution < 1.29 is 4.79 Å². The lowest BCUT2D eigenvalue weighted by molar-refractivity contribution is -0.107. The van der Waals surface area contributed by atoms with E-state index in [-0.39, 0.29) is 0 Å². The van der Waals surface area contributed by atoms with Gasteiger partial charge in [-0.05, 0) is 0 Å². The van der Waals surface area contributed by atoms with Gasteiger partial charge in [-0.2, -0.15) is 0 Å². The van der Waals surface area contributed by atoms with E-state index in [4.69, 9.17) is 5.73 Å². The minimum Gasteiger partial charge on any atom is -0.312 e. The fourth-order valence-electron chi connectivity index (χ4n) is 0.0393. The van der Waals surface area contributed by atoms with E-state index in [0.29, 0.717) is 6.29 Å². The standard InChI is InChI=1S/C4H5NO/c1-2-4(5)3-6/h1,3-4H,5H2. The molecule has 0 radical (unpaired) electrons. The van der Waals surface area contributed by atoms with Crippen molar-refractivity contribution in [2.75, 3.05) is 0 Å². The zero-order chi connectivity index (χ0) is 4.99. The molecule has 0 saturated heterocycles. The second-order valence-electron chi connectivity index (χ2n) is 0.829. The predicted molar refractivity (Wildman–Crippen MR) is 22.9 cm³/mol. The highest BCUT2D eigenvalue weighted by atomic mass is 16.1. The third kappa shape index (κ3) is 1.50. The summed E-state index contributed by atoms with van der Waals surface area (Å²) in [6, 6.07) is -0.718. The SMILES string of the molecule is C#CC(N)C=O. The van der Waals surface area contributed by atoms with Crippen LogP contribution in [0.1, 0.15) is 0 Å². The van der Waals surface area contributed by atoms with E-state index in [9.17, 15) is 4.79 Å². The quantitative estimate of drug-likeness (QED) is 0.331. The minimum absolute atomic E-state index is 0.514. The molecule has 0 saturated carbocycles. The van der Waals surface area contributed by atoms with E-state index >= 15 is 0 Å². The van der Waals surface area contributed by atoms with Crippen molar-refractivity contribution in [3.05, 3.63) is 0 Å². The molecule has 1 atom stereocenters. The largest absolute Gasteiger partial charge is 0.312 e. The summed E-state index contributed by atoms with van der Waals surface area (Å²) in [4.78, 5) is 9.47. The van der Waals surface area contributed by atoms with Crippen LogP contribution in [0.2, 0.25) is 0 Å². The first-order valence-electron chi connectivity index (χ1n) is 1.48. The van der Waals surface area contributed by atoms with Gasteiger partial charge in [0.15, 0.2) is 0 Å². The maximum atomic E-state index is 9.47. The fourth-order valence-corrected chi connectivity index (χ4v) is 0.0393. The van der Waals surface area contributed by atoms with Gasteiger partial charge in [0.05, 0.1) is 0 Å².